The van der Waals surface area contributed by atoms with Crippen LogP contribution in [0.25, 0.3) is 0 Å². The molecule has 4 N–H and O–H groups in total. The maximum absolute atomic E-state index is 8.52. The summed E-state index contributed by atoms with van der Waals surface area (Å²) in [5.41, 5.74) is 5.76. The van der Waals surface area contributed by atoms with E-state index < -0.39 is 0 Å². The van der Waals surface area contributed by atoms with Crippen molar-refractivity contribution in [1.82, 2.24) is 5.32 Å². The van der Waals surface area contributed by atoms with Crippen LogP contribution in [0.5, 0.6) is 0 Å². The molecule has 1 fully saturated rings. The van der Waals surface area contributed by atoms with E-state index in [2.05, 4.69) is 24.0 Å². The molecule has 4 nitrogen and oxygen atoms in total. The van der Waals surface area contributed by atoms with Gasteiger partial charge in [0.1, 0.15) is 5.84 Å². The highest BCUT2D eigenvalue weighted by Crippen LogP contribution is 2.48. The van der Waals surface area contributed by atoms with Crippen LogP contribution in [0.15, 0.2) is 17.8 Å². The third-order valence-electron chi connectivity index (χ3n) is 2.99. The van der Waals surface area contributed by atoms with Gasteiger partial charge in [-0.25, -0.2) is 0 Å². The van der Waals surface area contributed by atoms with Gasteiger partial charge in [0.05, 0.1) is 0 Å². The average molecular weight is 211 g/mol. The predicted molar refractivity (Wildman–Crippen MR) is 62.0 cm³/mol. The van der Waals surface area contributed by atoms with Gasteiger partial charge in [0.2, 0.25) is 0 Å². The molecule has 0 aromatic carbocycles. The Morgan fingerprint density at radius 3 is 2.87 bits per heavy atom. The molecule has 0 bridgehead atoms. The molecule has 0 heterocycles. The Bertz CT molecular complexity index is 246. The van der Waals surface area contributed by atoms with Crippen LogP contribution in [0.1, 0.15) is 32.6 Å². The van der Waals surface area contributed by atoms with Gasteiger partial charge in [0.15, 0.2) is 0 Å². The summed E-state index contributed by atoms with van der Waals surface area (Å²) < 4.78 is 0. The highest BCUT2D eigenvalue weighted by Gasteiger charge is 2.43. The number of oxime groups is 1. The standard InChI is InChI=1S/C11H21N3O/c1-3-4-9(2)13-8-11(5-6-11)7-10(12)14-15/h3,9,13,15H,1,4-8H2,2H3,(H2,12,14). The van der Waals surface area contributed by atoms with Crippen molar-refractivity contribution in [3.8, 4) is 0 Å². The third-order valence-corrected chi connectivity index (χ3v) is 2.99. The van der Waals surface area contributed by atoms with Crippen LogP contribution in [-0.2, 0) is 0 Å². The van der Waals surface area contributed by atoms with Gasteiger partial charge in [-0.1, -0.05) is 11.2 Å². The lowest BCUT2D eigenvalue weighted by Gasteiger charge is -2.18. The SMILES string of the molecule is C=CCC(C)NCC1(C/C(N)=N/O)CC1. The lowest BCUT2D eigenvalue weighted by atomic mass is 10.0. The first-order chi connectivity index (χ1) is 7.12. The normalized spacial score (nSPS) is 21.0. The minimum absolute atomic E-state index is 0.242. The molecule has 0 aromatic rings. The first-order valence-electron chi connectivity index (χ1n) is 5.42. The van der Waals surface area contributed by atoms with Gasteiger partial charge in [-0.2, -0.15) is 0 Å². The van der Waals surface area contributed by atoms with Gasteiger partial charge >= 0.3 is 0 Å². The van der Waals surface area contributed by atoms with Gasteiger partial charge in [-0.3, -0.25) is 0 Å². The summed E-state index contributed by atoms with van der Waals surface area (Å²) in [6.07, 6.45) is 5.91. The molecule has 0 aromatic heterocycles. The minimum atomic E-state index is 0.242. The molecule has 0 spiro atoms. The lowest BCUT2D eigenvalue weighted by Crippen LogP contribution is -2.33. The number of rotatable bonds is 7. The molecule has 1 rings (SSSR count). The zero-order chi connectivity index (χ0) is 11.3. The molecule has 0 saturated heterocycles. The molecule has 15 heavy (non-hydrogen) atoms. The molecular formula is C11H21N3O. The third kappa shape index (κ3) is 3.91. The van der Waals surface area contributed by atoms with Crippen LogP contribution in [-0.4, -0.2) is 23.6 Å². The second kappa shape index (κ2) is 5.16. The Morgan fingerprint density at radius 1 is 1.73 bits per heavy atom. The Kier molecular flexibility index (Phi) is 4.15. The van der Waals surface area contributed by atoms with Crippen molar-refractivity contribution in [1.29, 1.82) is 0 Å². The van der Waals surface area contributed by atoms with Crippen LogP contribution >= 0.6 is 0 Å². The van der Waals surface area contributed by atoms with Crippen molar-refractivity contribution in [2.75, 3.05) is 6.54 Å². The Morgan fingerprint density at radius 2 is 2.40 bits per heavy atom. The number of hydrogen-bond donors (Lipinski definition) is 3. The van der Waals surface area contributed by atoms with E-state index in [1.165, 1.54) is 0 Å². The van der Waals surface area contributed by atoms with E-state index in [1.807, 2.05) is 6.08 Å². The summed E-state index contributed by atoms with van der Waals surface area (Å²) in [4.78, 5) is 0. The monoisotopic (exact) mass is 211 g/mol. The molecule has 86 valence electrons. The van der Waals surface area contributed by atoms with Crippen LogP contribution in [0.2, 0.25) is 0 Å². The first-order valence-corrected chi connectivity index (χ1v) is 5.42. The van der Waals surface area contributed by atoms with E-state index in [-0.39, 0.29) is 5.41 Å². The molecule has 1 unspecified atom stereocenters. The van der Waals surface area contributed by atoms with E-state index >= 15 is 0 Å². The highest BCUT2D eigenvalue weighted by molar-refractivity contribution is 5.80. The molecule has 1 atom stereocenters. The summed E-state index contributed by atoms with van der Waals surface area (Å²) in [6, 6.07) is 0.451. The summed E-state index contributed by atoms with van der Waals surface area (Å²) in [7, 11) is 0. The summed E-state index contributed by atoms with van der Waals surface area (Å²) in [6.45, 7) is 6.79. The van der Waals surface area contributed by atoms with Crippen LogP contribution < -0.4 is 11.1 Å². The van der Waals surface area contributed by atoms with Crippen LogP contribution in [0.3, 0.4) is 0 Å². The van der Waals surface area contributed by atoms with Crippen molar-refractivity contribution in [3.63, 3.8) is 0 Å². The fourth-order valence-corrected chi connectivity index (χ4v) is 1.74. The number of nitrogens with one attached hydrogen (secondary N) is 1. The molecule has 1 saturated carbocycles. The predicted octanol–water partition coefficient (Wildman–Crippen LogP) is 1.46. The van der Waals surface area contributed by atoms with Crippen molar-refractivity contribution < 1.29 is 5.21 Å². The largest absolute Gasteiger partial charge is 0.409 e. The second-order valence-corrected chi connectivity index (χ2v) is 4.57. The fourth-order valence-electron chi connectivity index (χ4n) is 1.74. The summed E-state index contributed by atoms with van der Waals surface area (Å²) in [5.74, 6) is 0.339. The van der Waals surface area contributed by atoms with Gasteiger partial charge < -0.3 is 16.3 Å². The van der Waals surface area contributed by atoms with Gasteiger partial charge in [-0.05, 0) is 31.6 Å². The highest BCUT2D eigenvalue weighted by atomic mass is 16.4. The Labute approximate surface area is 91.2 Å². The quantitative estimate of drug-likeness (QED) is 0.196. The van der Waals surface area contributed by atoms with E-state index in [4.69, 9.17) is 10.9 Å². The minimum Gasteiger partial charge on any atom is -0.409 e. The van der Waals surface area contributed by atoms with Gasteiger partial charge in [-0.15, -0.1) is 6.58 Å². The van der Waals surface area contributed by atoms with Crippen LogP contribution in [0.4, 0.5) is 0 Å². The molecule has 0 amide bonds. The van der Waals surface area contributed by atoms with E-state index in [0.29, 0.717) is 18.3 Å². The second-order valence-electron chi connectivity index (χ2n) is 4.57. The topological polar surface area (TPSA) is 70.6 Å². The van der Waals surface area contributed by atoms with E-state index in [1.54, 1.807) is 0 Å². The van der Waals surface area contributed by atoms with E-state index in [9.17, 15) is 0 Å². The van der Waals surface area contributed by atoms with Gasteiger partial charge in [0, 0.05) is 19.0 Å². The zero-order valence-electron chi connectivity index (χ0n) is 9.37. The fraction of sp³-hybridized carbons (Fsp3) is 0.727. The maximum Gasteiger partial charge on any atom is 0.139 e. The Balaban J connectivity index is 2.28. The zero-order valence-corrected chi connectivity index (χ0v) is 9.37. The molecule has 0 aliphatic heterocycles. The van der Waals surface area contributed by atoms with Crippen molar-refractivity contribution in [2.24, 2.45) is 16.3 Å². The molecule has 1 aliphatic rings. The summed E-state index contributed by atoms with van der Waals surface area (Å²) in [5, 5.41) is 15.0. The smallest absolute Gasteiger partial charge is 0.139 e. The van der Waals surface area contributed by atoms with Crippen LogP contribution in [0, 0.1) is 5.41 Å². The van der Waals surface area contributed by atoms with Gasteiger partial charge in [0.25, 0.3) is 0 Å². The average Bonchev–Trinajstić information content (AvgIpc) is 2.96. The van der Waals surface area contributed by atoms with Crippen molar-refractivity contribution >= 4 is 5.84 Å². The van der Waals surface area contributed by atoms with Crippen molar-refractivity contribution in [3.05, 3.63) is 12.7 Å². The number of amidine groups is 1. The first kappa shape index (κ1) is 12.0. The Hall–Kier alpha value is -1.03. The van der Waals surface area contributed by atoms with Crippen molar-refractivity contribution in [2.45, 2.75) is 38.6 Å². The lowest BCUT2D eigenvalue weighted by molar-refractivity contribution is 0.313. The number of hydrogen-bond acceptors (Lipinski definition) is 3. The van der Waals surface area contributed by atoms with E-state index in [0.717, 1.165) is 25.8 Å². The molecular weight excluding hydrogens is 190 g/mol. The molecule has 1 aliphatic carbocycles. The number of nitrogens with zero attached hydrogens (tertiary/aromatic N) is 1. The maximum atomic E-state index is 8.52. The number of nitrogens with two attached hydrogens (primary N) is 1. The molecule has 4 heteroatoms. The summed E-state index contributed by atoms with van der Waals surface area (Å²) >= 11 is 0. The molecule has 0 radical (unpaired) electrons.